The molecular formula is C16H20N4. The van der Waals surface area contributed by atoms with E-state index in [1.165, 1.54) is 24.0 Å². The van der Waals surface area contributed by atoms with E-state index in [1.807, 2.05) is 6.20 Å². The summed E-state index contributed by atoms with van der Waals surface area (Å²) in [6, 6.07) is 8.74. The molecule has 1 aromatic carbocycles. The van der Waals surface area contributed by atoms with Gasteiger partial charge in [-0.1, -0.05) is 24.3 Å². The first-order valence-electron chi connectivity index (χ1n) is 7.16. The van der Waals surface area contributed by atoms with Crippen LogP contribution in [0.4, 0.5) is 5.82 Å². The highest BCUT2D eigenvalue weighted by Crippen LogP contribution is 2.29. The lowest BCUT2D eigenvalue weighted by Crippen LogP contribution is -2.33. The maximum absolute atomic E-state index is 5.64. The SMILES string of the molecule is NCc1ccc(C2CCN(c3cnccn3)CC2)cc1. The highest BCUT2D eigenvalue weighted by atomic mass is 15.2. The van der Waals surface area contributed by atoms with Crippen molar-refractivity contribution in [3.05, 3.63) is 54.0 Å². The Labute approximate surface area is 119 Å². The van der Waals surface area contributed by atoms with Crippen LogP contribution in [0, 0.1) is 0 Å². The lowest BCUT2D eigenvalue weighted by atomic mass is 9.89. The van der Waals surface area contributed by atoms with Gasteiger partial charge in [-0.15, -0.1) is 0 Å². The van der Waals surface area contributed by atoms with Crippen LogP contribution < -0.4 is 10.6 Å². The molecule has 0 atom stereocenters. The number of nitrogens with zero attached hydrogens (tertiary/aromatic N) is 3. The zero-order chi connectivity index (χ0) is 13.8. The fraction of sp³-hybridized carbons (Fsp3) is 0.375. The van der Waals surface area contributed by atoms with Crippen molar-refractivity contribution in [2.24, 2.45) is 5.73 Å². The molecule has 1 aliphatic rings. The summed E-state index contributed by atoms with van der Waals surface area (Å²) in [5.41, 5.74) is 8.27. The van der Waals surface area contributed by atoms with Crippen LogP contribution in [0.3, 0.4) is 0 Å². The first kappa shape index (κ1) is 13.1. The van der Waals surface area contributed by atoms with Crippen LogP contribution in [0.15, 0.2) is 42.9 Å². The molecule has 20 heavy (non-hydrogen) atoms. The second-order valence-corrected chi connectivity index (χ2v) is 5.27. The summed E-state index contributed by atoms with van der Waals surface area (Å²) in [5.74, 6) is 1.64. The van der Waals surface area contributed by atoms with Gasteiger partial charge in [0, 0.05) is 32.0 Å². The van der Waals surface area contributed by atoms with Gasteiger partial charge in [0.2, 0.25) is 0 Å². The Morgan fingerprint density at radius 2 is 1.85 bits per heavy atom. The summed E-state index contributed by atoms with van der Waals surface area (Å²) in [7, 11) is 0. The summed E-state index contributed by atoms with van der Waals surface area (Å²) < 4.78 is 0. The molecule has 0 bridgehead atoms. The number of nitrogens with two attached hydrogens (primary N) is 1. The minimum atomic E-state index is 0.616. The Morgan fingerprint density at radius 1 is 1.10 bits per heavy atom. The van der Waals surface area contributed by atoms with Crippen molar-refractivity contribution in [1.82, 2.24) is 9.97 Å². The number of hydrogen-bond donors (Lipinski definition) is 1. The van der Waals surface area contributed by atoms with E-state index in [4.69, 9.17) is 5.73 Å². The Hall–Kier alpha value is -1.94. The minimum absolute atomic E-state index is 0.616. The van der Waals surface area contributed by atoms with Crippen molar-refractivity contribution < 1.29 is 0 Å². The van der Waals surface area contributed by atoms with Crippen molar-refractivity contribution >= 4 is 5.82 Å². The fourth-order valence-corrected chi connectivity index (χ4v) is 2.82. The van der Waals surface area contributed by atoms with E-state index in [0.29, 0.717) is 12.5 Å². The first-order valence-corrected chi connectivity index (χ1v) is 7.16. The Bertz CT molecular complexity index is 530. The molecule has 0 saturated carbocycles. The fourth-order valence-electron chi connectivity index (χ4n) is 2.82. The van der Waals surface area contributed by atoms with Crippen LogP contribution in [0.2, 0.25) is 0 Å². The van der Waals surface area contributed by atoms with Crippen molar-refractivity contribution in [1.29, 1.82) is 0 Å². The molecule has 4 heteroatoms. The summed E-state index contributed by atoms with van der Waals surface area (Å²) in [5, 5.41) is 0. The average molecular weight is 268 g/mol. The molecular weight excluding hydrogens is 248 g/mol. The van der Waals surface area contributed by atoms with E-state index in [9.17, 15) is 0 Å². The normalized spacial score (nSPS) is 16.4. The molecule has 104 valence electrons. The van der Waals surface area contributed by atoms with E-state index in [-0.39, 0.29) is 0 Å². The van der Waals surface area contributed by atoms with Gasteiger partial charge in [0.1, 0.15) is 5.82 Å². The van der Waals surface area contributed by atoms with Crippen LogP contribution in [-0.4, -0.2) is 23.1 Å². The Morgan fingerprint density at radius 3 is 2.45 bits per heavy atom. The summed E-state index contributed by atoms with van der Waals surface area (Å²) in [4.78, 5) is 10.8. The largest absolute Gasteiger partial charge is 0.355 e. The van der Waals surface area contributed by atoms with E-state index in [1.54, 1.807) is 12.4 Å². The van der Waals surface area contributed by atoms with E-state index >= 15 is 0 Å². The van der Waals surface area contributed by atoms with Crippen LogP contribution >= 0.6 is 0 Å². The van der Waals surface area contributed by atoms with E-state index in [0.717, 1.165) is 18.9 Å². The van der Waals surface area contributed by atoms with Crippen LogP contribution in [-0.2, 0) is 6.54 Å². The molecule has 0 amide bonds. The average Bonchev–Trinajstić information content (AvgIpc) is 2.56. The number of rotatable bonds is 3. The molecule has 1 aliphatic heterocycles. The van der Waals surface area contributed by atoms with Gasteiger partial charge >= 0.3 is 0 Å². The van der Waals surface area contributed by atoms with Gasteiger partial charge in [0.15, 0.2) is 0 Å². The summed E-state index contributed by atoms with van der Waals surface area (Å²) in [6.07, 6.45) is 7.65. The van der Waals surface area contributed by atoms with Gasteiger partial charge in [-0.05, 0) is 29.9 Å². The number of piperidine rings is 1. The molecule has 0 spiro atoms. The van der Waals surface area contributed by atoms with Gasteiger partial charge < -0.3 is 10.6 Å². The molecule has 3 rings (SSSR count). The lowest BCUT2D eigenvalue weighted by Gasteiger charge is -2.32. The van der Waals surface area contributed by atoms with Gasteiger partial charge in [-0.25, -0.2) is 4.98 Å². The highest BCUT2D eigenvalue weighted by Gasteiger charge is 2.21. The molecule has 0 aliphatic carbocycles. The van der Waals surface area contributed by atoms with Gasteiger partial charge in [0.25, 0.3) is 0 Å². The molecule has 1 saturated heterocycles. The first-order chi connectivity index (χ1) is 9.86. The number of benzene rings is 1. The van der Waals surface area contributed by atoms with Crippen molar-refractivity contribution in [3.63, 3.8) is 0 Å². The molecule has 0 unspecified atom stereocenters. The third-order valence-electron chi connectivity index (χ3n) is 4.06. The minimum Gasteiger partial charge on any atom is -0.355 e. The molecule has 1 aromatic heterocycles. The molecule has 4 nitrogen and oxygen atoms in total. The van der Waals surface area contributed by atoms with Crippen molar-refractivity contribution in [3.8, 4) is 0 Å². The predicted octanol–water partition coefficient (Wildman–Crippen LogP) is 2.32. The second-order valence-electron chi connectivity index (χ2n) is 5.27. The lowest BCUT2D eigenvalue weighted by molar-refractivity contribution is 0.502. The third kappa shape index (κ3) is 2.80. The summed E-state index contributed by atoms with van der Waals surface area (Å²) in [6.45, 7) is 2.70. The van der Waals surface area contributed by atoms with Crippen molar-refractivity contribution in [2.75, 3.05) is 18.0 Å². The molecule has 2 aromatic rings. The Kier molecular flexibility index (Phi) is 3.92. The van der Waals surface area contributed by atoms with Crippen LogP contribution in [0.25, 0.3) is 0 Å². The topological polar surface area (TPSA) is 55.0 Å². The molecule has 2 heterocycles. The summed E-state index contributed by atoms with van der Waals surface area (Å²) >= 11 is 0. The molecule has 0 radical (unpaired) electrons. The van der Waals surface area contributed by atoms with E-state index in [2.05, 4.69) is 39.1 Å². The van der Waals surface area contributed by atoms with E-state index < -0.39 is 0 Å². The van der Waals surface area contributed by atoms with Gasteiger partial charge in [0.05, 0.1) is 6.20 Å². The quantitative estimate of drug-likeness (QED) is 0.928. The molecule has 2 N–H and O–H groups in total. The van der Waals surface area contributed by atoms with Crippen LogP contribution in [0.5, 0.6) is 0 Å². The van der Waals surface area contributed by atoms with Gasteiger partial charge in [-0.3, -0.25) is 4.98 Å². The number of aromatic nitrogens is 2. The standard InChI is InChI=1S/C16H20N4/c17-11-13-1-3-14(4-2-13)15-5-9-20(10-6-15)16-12-18-7-8-19-16/h1-4,7-8,12,15H,5-6,9-11,17H2. The number of hydrogen-bond acceptors (Lipinski definition) is 4. The smallest absolute Gasteiger partial charge is 0.147 e. The van der Waals surface area contributed by atoms with Crippen LogP contribution in [0.1, 0.15) is 29.9 Å². The third-order valence-corrected chi connectivity index (χ3v) is 4.06. The predicted molar refractivity (Wildman–Crippen MR) is 80.6 cm³/mol. The van der Waals surface area contributed by atoms with Gasteiger partial charge in [-0.2, -0.15) is 0 Å². The zero-order valence-corrected chi connectivity index (χ0v) is 11.6. The van der Waals surface area contributed by atoms with Crippen molar-refractivity contribution in [2.45, 2.75) is 25.3 Å². The Balaban J connectivity index is 1.63. The maximum Gasteiger partial charge on any atom is 0.147 e. The second kappa shape index (κ2) is 6.01. The molecule has 1 fully saturated rings. The monoisotopic (exact) mass is 268 g/mol. The number of anilines is 1. The zero-order valence-electron chi connectivity index (χ0n) is 11.6. The highest BCUT2D eigenvalue weighted by molar-refractivity contribution is 5.36. The maximum atomic E-state index is 5.64.